The maximum Gasteiger partial charge on any atom is 0.168 e. The quantitative estimate of drug-likeness (QED) is 0.0544. The zero-order chi connectivity index (χ0) is 73.7. The molecule has 8 unspecified atom stereocenters. The van der Waals surface area contributed by atoms with Crippen molar-refractivity contribution in [3.63, 3.8) is 0 Å². The number of Topliss-reactive ketones (excluding diaryl/α,β-unsaturated/α-hetero) is 1. The molecule has 8 atom stereocenters. The Labute approximate surface area is 629 Å². The van der Waals surface area contributed by atoms with Crippen molar-refractivity contribution in [2.24, 2.45) is 11.8 Å². The van der Waals surface area contributed by atoms with Crippen molar-refractivity contribution >= 4 is 61.1 Å². The normalized spacial score (nSPS) is 21.6. The van der Waals surface area contributed by atoms with Gasteiger partial charge in [-0.3, -0.25) is 4.79 Å². The van der Waals surface area contributed by atoms with Gasteiger partial charge in [-0.25, -0.2) is 29.9 Å². The Morgan fingerprint density at radius 2 is 0.713 bits per heavy atom. The fourth-order valence-corrected chi connectivity index (χ4v) is 19.0. The topological polar surface area (TPSA) is 181 Å². The van der Waals surface area contributed by atoms with Crippen LogP contribution in [0.4, 0.5) is 0 Å². The van der Waals surface area contributed by atoms with E-state index in [9.17, 15) is 0 Å². The van der Waals surface area contributed by atoms with Gasteiger partial charge in [0.2, 0.25) is 0 Å². The zero-order valence-corrected chi connectivity index (χ0v) is 63.2. The van der Waals surface area contributed by atoms with Gasteiger partial charge in [-0.1, -0.05) is 253 Å². The summed E-state index contributed by atoms with van der Waals surface area (Å²) in [4.78, 5) is 60.3. The van der Waals surface area contributed by atoms with Crippen LogP contribution in [0.2, 0.25) is 0 Å². The molecule has 8 aromatic carbocycles. The predicted molar refractivity (Wildman–Crippen MR) is 425 cm³/mol. The number of carbonyl (C=O) groups excluding carboxylic acids is 1. The number of fused-ring (bicyclic) bond motifs is 37. The second-order valence-corrected chi connectivity index (χ2v) is 32.5. The zero-order valence-electron chi connectivity index (χ0n) is 63.2. The number of H-pyrrole nitrogens is 2. The first kappa shape index (κ1) is 68.0. The van der Waals surface area contributed by atoms with Crippen LogP contribution in [0.15, 0.2) is 170 Å². The number of ketones is 1. The summed E-state index contributed by atoms with van der Waals surface area (Å²) in [6.07, 6.45) is 8.91. The highest BCUT2D eigenvalue weighted by atomic mass is 16.5. The predicted octanol–water partition coefficient (Wildman–Crippen LogP) is 21.3. The van der Waals surface area contributed by atoms with Gasteiger partial charge in [-0.2, -0.15) is 0 Å². The molecule has 14 bridgehead atoms. The largest absolute Gasteiger partial charge is 0.492 e. The lowest BCUT2D eigenvalue weighted by Gasteiger charge is -2.45. The summed E-state index contributed by atoms with van der Waals surface area (Å²) in [6.45, 7) is 23.8. The number of unbranched alkanes of at least 4 members (excludes halogenated alkanes) is 4. The first-order valence-corrected chi connectivity index (χ1v) is 39.2. The van der Waals surface area contributed by atoms with E-state index < -0.39 is 34.9 Å². The molecule has 11 aromatic rings. The number of allylic oxidation sites excluding steroid dienone is 2. The third kappa shape index (κ3) is 9.94. The van der Waals surface area contributed by atoms with Crippen molar-refractivity contribution in [3.8, 4) is 68.5 Å². The number of aromatic nitrogens is 8. The van der Waals surface area contributed by atoms with Crippen molar-refractivity contribution in [2.45, 2.75) is 167 Å². The number of nitrogens with one attached hydrogen (secondary N) is 2. The molecule has 0 radical (unpaired) electrons. The fraction of sp³-hybridized carbons (Fsp3) is 0.344. The molecule has 3 aromatic heterocycles. The van der Waals surface area contributed by atoms with Gasteiger partial charge in [0.1, 0.15) is 57.8 Å². The van der Waals surface area contributed by atoms with Crippen LogP contribution in [-0.2, 0) is 35.9 Å². The monoisotopic (exact) mass is 1430 g/mol. The van der Waals surface area contributed by atoms with Gasteiger partial charge in [0.25, 0.3) is 0 Å². The minimum atomic E-state index is -1.25. The minimum absolute atomic E-state index is 0.139. The molecule has 9 heterocycles. The highest BCUT2D eigenvalue weighted by Crippen LogP contribution is 2.83. The summed E-state index contributed by atoms with van der Waals surface area (Å²) in [5, 5.41) is 3.32. The average Bonchev–Trinajstić information content (AvgIpc) is 1.44. The van der Waals surface area contributed by atoms with E-state index in [4.69, 9.17) is 58.3 Å². The lowest BCUT2D eigenvalue weighted by atomic mass is 9.54. The van der Waals surface area contributed by atoms with E-state index in [2.05, 4.69) is 237 Å². The molecule has 0 spiro atoms. The van der Waals surface area contributed by atoms with E-state index in [1.54, 1.807) is 0 Å². The third-order valence-electron chi connectivity index (χ3n) is 24.0. The van der Waals surface area contributed by atoms with Crippen LogP contribution in [0.3, 0.4) is 0 Å². The van der Waals surface area contributed by atoms with Gasteiger partial charge in [0, 0.05) is 55.6 Å². The van der Waals surface area contributed by atoms with Crippen molar-refractivity contribution in [2.75, 3.05) is 26.4 Å². The SMILES string of the molecule is CCCCOc1c2c(c(OCCCC)c3c1C1C=CC3O1)-c1nc-2nc2[nH]c(nc3nc(nc4[nH]c(n1)c1ccc(C(C)(C)C)cc41)-c1c(OCCCC)c4c(c(OCCCC)c1-3)C1OC4C3C1C1(c4ccccc4)C(=O)C3(c3ccccc3)C(c3ccccc3)=C1c1ccccc1)c1ccc(C(C)(C)C)cc21. The molecule has 0 amide bonds. The van der Waals surface area contributed by atoms with Gasteiger partial charge < -0.3 is 38.4 Å². The summed E-state index contributed by atoms with van der Waals surface area (Å²) >= 11 is 0. The summed E-state index contributed by atoms with van der Waals surface area (Å²) in [5.41, 5.74) is 13.4. The van der Waals surface area contributed by atoms with Crippen molar-refractivity contribution in [3.05, 3.63) is 226 Å². The molecule has 544 valence electrons. The summed E-state index contributed by atoms with van der Waals surface area (Å²) in [7, 11) is 0. The standard InChI is InChI=1S/C93H90N8O7/c1-11-15-45-103-75-63-61-43-44-62(107-61)64(63)76(104-46-16-12-2)68-67(75)85-96-81-57-41-39-56(91(8,9)10)50-60(57)84(94-81)99-88-70-69(87(101-88)97-82-58-42-40-55(90(5,6)7)49-59(58)83(95-82)98-86(68)100-85)77(105-47-17-13-3)65-66(78(70)106-48-18-14-4)80-74-73(79(65)108-80)92(53-35-27-21-28-36-53)71(51-31-23-19-24-32-51)72(52-33-25-20-26-34-52)93(74,89(92)102)54-37-29-22-30-38-54/h19-44,49-50,61-62,73-74,79-80H,11-18,45-48H2,1-10H3,(H2,94,95,96,97,98,99,100,101). The van der Waals surface area contributed by atoms with Crippen molar-refractivity contribution in [1.82, 2.24) is 39.9 Å². The molecule has 15 nitrogen and oxygen atoms in total. The Morgan fingerprint density at radius 1 is 0.389 bits per heavy atom. The summed E-state index contributed by atoms with van der Waals surface area (Å²) in [5.74, 6) is 3.32. The van der Waals surface area contributed by atoms with E-state index in [1.165, 1.54) is 0 Å². The number of carbonyl (C=O) groups is 1. The third-order valence-corrected chi connectivity index (χ3v) is 24.0. The number of benzene rings is 8. The molecule has 15 heteroatoms. The first-order chi connectivity index (χ1) is 52.6. The molecular formula is C93H90N8O7. The number of nitrogens with zero attached hydrogens (tertiary/aromatic N) is 6. The molecule has 2 aliphatic carbocycles. The van der Waals surface area contributed by atoms with E-state index in [0.717, 1.165) is 140 Å². The first-order valence-electron chi connectivity index (χ1n) is 39.2. The molecule has 8 aliphatic rings. The minimum Gasteiger partial charge on any atom is -0.492 e. The maximum atomic E-state index is 17.9. The van der Waals surface area contributed by atoms with Crippen molar-refractivity contribution in [1.29, 1.82) is 0 Å². The van der Waals surface area contributed by atoms with Crippen molar-refractivity contribution < 1.29 is 33.2 Å². The molecule has 1 saturated heterocycles. The Hall–Kier alpha value is -10.6. The van der Waals surface area contributed by atoms with Gasteiger partial charge in [0.05, 0.1) is 71.7 Å². The van der Waals surface area contributed by atoms with Crippen LogP contribution in [0.25, 0.3) is 101 Å². The number of aromatic amines is 2. The number of hydrogen-bond donors (Lipinski definition) is 2. The van der Waals surface area contributed by atoms with Crippen LogP contribution in [-0.4, -0.2) is 72.1 Å². The van der Waals surface area contributed by atoms with Gasteiger partial charge >= 0.3 is 0 Å². The van der Waals surface area contributed by atoms with Gasteiger partial charge in [-0.05, 0) is 93.2 Å². The maximum absolute atomic E-state index is 17.9. The molecule has 2 fully saturated rings. The average molecular weight is 1430 g/mol. The molecule has 1 saturated carbocycles. The Balaban J connectivity index is 0.959. The highest BCUT2D eigenvalue weighted by Gasteiger charge is 2.83. The van der Waals surface area contributed by atoms with Crippen LogP contribution in [0, 0.1) is 11.8 Å². The van der Waals surface area contributed by atoms with Crippen LogP contribution in [0.1, 0.15) is 201 Å². The summed E-state index contributed by atoms with van der Waals surface area (Å²) < 4.78 is 44.4. The van der Waals surface area contributed by atoms with E-state index in [0.29, 0.717) is 118 Å². The smallest absolute Gasteiger partial charge is 0.168 e. The van der Waals surface area contributed by atoms with Crippen LogP contribution >= 0.6 is 0 Å². The second kappa shape index (κ2) is 25.8. The number of hydrogen-bond acceptors (Lipinski definition) is 13. The Bertz CT molecular complexity index is 5760. The molecule has 108 heavy (non-hydrogen) atoms. The molecular weight excluding hydrogens is 1340 g/mol. The molecule has 19 rings (SSSR count). The van der Waals surface area contributed by atoms with E-state index in [-0.39, 0.29) is 28.8 Å². The van der Waals surface area contributed by atoms with Crippen LogP contribution < -0.4 is 18.9 Å². The molecule has 2 N–H and O–H groups in total. The fourth-order valence-electron chi connectivity index (χ4n) is 19.0. The lowest BCUT2D eigenvalue weighted by molar-refractivity contribution is -0.125. The molecule has 6 aliphatic heterocycles. The highest BCUT2D eigenvalue weighted by molar-refractivity contribution is 6.30. The van der Waals surface area contributed by atoms with Crippen LogP contribution in [0.5, 0.6) is 23.0 Å². The summed E-state index contributed by atoms with van der Waals surface area (Å²) in [6, 6.07) is 55.5. The van der Waals surface area contributed by atoms with E-state index >= 15 is 4.79 Å². The second-order valence-electron chi connectivity index (χ2n) is 32.5. The number of ether oxygens (including phenoxy) is 6. The Morgan fingerprint density at radius 3 is 1.05 bits per heavy atom. The van der Waals surface area contributed by atoms with Gasteiger partial charge in [-0.15, -0.1) is 0 Å². The Kier molecular flexibility index (Phi) is 16.2. The number of rotatable bonds is 20. The van der Waals surface area contributed by atoms with Gasteiger partial charge in [0.15, 0.2) is 29.1 Å². The van der Waals surface area contributed by atoms with E-state index in [1.807, 2.05) is 12.1 Å². The lowest BCUT2D eigenvalue weighted by Crippen LogP contribution is -2.42.